The molecule has 1 spiro atoms. The minimum atomic E-state index is -0.0920. The second kappa shape index (κ2) is 6.21. The molecule has 0 N–H and O–H groups in total. The molecular formula is C22H24NO5+. The van der Waals surface area contributed by atoms with E-state index in [2.05, 4.69) is 0 Å². The minimum Gasteiger partial charge on any atom is -0.495 e. The van der Waals surface area contributed by atoms with Gasteiger partial charge in [0.05, 0.1) is 50.1 Å². The Morgan fingerprint density at radius 3 is 2.43 bits per heavy atom. The van der Waals surface area contributed by atoms with Crippen molar-refractivity contribution in [3.05, 3.63) is 34.6 Å². The first-order chi connectivity index (χ1) is 13.6. The fraction of sp³-hybridized carbons (Fsp3) is 0.455. The Balaban J connectivity index is 1.70. The number of Topliss-reactive ketones (excluding diaryl/α,β-unsaturated/α-hetero) is 2. The Kier molecular flexibility index (Phi) is 3.88. The molecule has 6 nitrogen and oxygen atoms in total. The van der Waals surface area contributed by atoms with Crippen LogP contribution in [-0.2, 0) is 11.2 Å². The van der Waals surface area contributed by atoms with Crippen LogP contribution in [0.15, 0.2) is 27.9 Å². The maximum Gasteiger partial charge on any atom is 0.213 e. The summed E-state index contributed by atoms with van der Waals surface area (Å²) in [6.07, 6.45) is 5.41. The zero-order valence-corrected chi connectivity index (χ0v) is 16.3. The Bertz CT molecular complexity index is 1040. The van der Waals surface area contributed by atoms with E-state index < -0.39 is 0 Å². The van der Waals surface area contributed by atoms with Crippen LogP contribution in [0.2, 0.25) is 0 Å². The lowest BCUT2D eigenvalue weighted by atomic mass is 9.78. The zero-order chi connectivity index (χ0) is 19.5. The lowest BCUT2D eigenvalue weighted by Crippen LogP contribution is -2.59. The molecule has 3 aliphatic rings. The van der Waals surface area contributed by atoms with Gasteiger partial charge < -0.3 is 18.4 Å². The van der Waals surface area contributed by atoms with Crippen LogP contribution in [0.3, 0.4) is 0 Å². The number of fused-ring (bicyclic) bond motifs is 2. The molecular weight excluding hydrogens is 358 g/mol. The molecule has 3 heterocycles. The van der Waals surface area contributed by atoms with Crippen LogP contribution in [0.5, 0.6) is 11.5 Å². The first kappa shape index (κ1) is 17.5. The molecule has 1 saturated heterocycles. The second-order valence-electron chi connectivity index (χ2n) is 8.14. The van der Waals surface area contributed by atoms with Crippen molar-refractivity contribution in [3.63, 3.8) is 0 Å². The molecule has 2 aliphatic heterocycles. The summed E-state index contributed by atoms with van der Waals surface area (Å²) in [5.74, 6) is 1.04. The van der Waals surface area contributed by atoms with Gasteiger partial charge in [-0.15, -0.1) is 0 Å². The lowest BCUT2D eigenvalue weighted by molar-refractivity contribution is -0.921. The van der Waals surface area contributed by atoms with Gasteiger partial charge in [0.2, 0.25) is 5.78 Å². The minimum absolute atomic E-state index is 0.0920. The molecule has 2 aromatic rings. The number of hydrogen-bond acceptors (Lipinski definition) is 5. The molecule has 5 rings (SSSR count). The number of carbonyl (C=O) groups excluding carboxylic acids is 2. The molecule has 1 fully saturated rings. The number of rotatable bonds is 2. The number of methoxy groups -OCH3 is 2. The number of ketones is 2. The van der Waals surface area contributed by atoms with Crippen LogP contribution in [0.25, 0.3) is 11.0 Å². The van der Waals surface area contributed by atoms with E-state index in [-0.39, 0.29) is 11.6 Å². The molecule has 0 unspecified atom stereocenters. The van der Waals surface area contributed by atoms with Crippen molar-refractivity contribution >= 4 is 22.5 Å². The molecule has 28 heavy (non-hydrogen) atoms. The van der Waals surface area contributed by atoms with Crippen molar-refractivity contribution < 1.29 is 28.0 Å². The molecule has 0 atom stereocenters. The standard InChI is InChI=1S/C22H24NO5/c1-26-20-13-6-9-28-22(13)21(27-2)15-10-14-16(19(25)18(15)20)11-23(12-17(14)24)7-4-3-5-8-23/h6,9H,3-5,7-8,10-12H2,1-2H3/q+1. The Hall–Kier alpha value is -2.60. The molecule has 0 saturated carbocycles. The van der Waals surface area contributed by atoms with Gasteiger partial charge in [-0.1, -0.05) is 0 Å². The van der Waals surface area contributed by atoms with Gasteiger partial charge in [0.15, 0.2) is 17.1 Å². The van der Waals surface area contributed by atoms with Gasteiger partial charge in [0, 0.05) is 17.6 Å². The van der Waals surface area contributed by atoms with Crippen LogP contribution in [0.1, 0.15) is 35.2 Å². The maximum absolute atomic E-state index is 13.6. The highest BCUT2D eigenvalue weighted by atomic mass is 16.5. The van der Waals surface area contributed by atoms with Gasteiger partial charge in [0.25, 0.3) is 0 Å². The number of benzene rings is 1. The van der Waals surface area contributed by atoms with Gasteiger partial charge in [-0.2, -0.15) is 0 Å². The third-order valence-corrected chi connectivity index (χ3v) is 6.62. The van der Waals surface area contributed by atoms with E-state index >= 15 is 0 Å². The van der Waals surface area contributed by atoms with Gasteiger partial charge in [-0.05, 0) is 25.3 Å². The smallest absolute Gasteiger partial charge is 0.213 e. The third kappa shape index (κ3) is 2.30. The predicted octanol–water partition coefficient (Wildman–Crippen LogP) is 3.07. The summed E-state index contributed by atoms with van der Waals surface area (Å²) in [6, 6.07) is 1.79. The highest BCUT2D eigenvalue weighted by Gasteiger charge is 2.46. The van der Waals surface area contributed by atoms with Gasteiger partial charge >= 0.3 is 0 Å². The van der Waals surface area contributed by atoms with Gasteiger partial charge in [-0.3, -0.25) is 9.59 Å². The molecule has 0 radical (unpaired) electrons. The highest BCUT2D eigenvalue weighted by molar-refractivity contribution is 6.21. The number of nitrogens with zero attached hydrogens (tertiary/aromatic N) is 1. The van der Waals surface area contributed by atoms with Gasteiger partial charge in [0.1, 0.15) is 18.8 Å². The molecule has 0 amide bonds. The summed E-state index contributed by atoms with van der Waals surface area (Å²) in [7, 11) is 3.13. The number of hydrogen-bond donors (Lipinski definition) is 0. The van der Waals surface area contributed by atoms with Crippen molar-refractivity contribution in [3.8, 4) is 11.5 Å². The molecule has 1 aromatic carbocycles. The average Bonchev–Trinajstić information content (AvgIpc) is 3.17. The average molecular weight is 382 g/mol. The molecule has 1 aliphatic carbocycles. The first-order valence-electron chi connectivity index (χ1n) is 9.87. The summed E-state index contributed by atoms with van der Waals surface area (Å²) >= 11 is 0. The maximum atomic E-state index is 13.6. The summed E-state index contributed by atoms with van der Waals surface area (Å²) in [5.41, 5.74) is 3.10. The SMILES string of the molecule is COc1c2c(c(OC)c3occc13)CC1=C(C[N+]3(CCCCC3)CC1=O)C2=O. The monoisotopic (exact) mass is 382 g/mol. The zero-order valence-electron chi connectivity index (χ0n) is 16.3. The number of ether oxygens (including phenoxy) is 2. The normalized spacial score (nSPS) is 21.1. The largest absolute Gasteiger partial charge is 0.495 e. The predicted molar refractivity (Wildman–Crippen MR) is 103 cm³/mol. The number of furan rings is 1. The van der Waals surface area contributed by atoms with Gasteiger partial charge in [-0.25, -0.2) is 0 Å². The lowest BCUT2D eigenvalue weighted by Gasteiger charge is -2.45. The Morgan fingerprint density at radius 1 is 0.964 bits per heavy atom. The number of carbonyl (C=O) groups is 2. The van der Waals surface area contributed by atoms with E-state index in [0.29, 0.717) is 58.9 Å². The molecule has 1 aromatic heterocycles. The van der Waals surface area contributed by atoms with E-state index in [9.17, 15) is 9.59 Å². The van der Waals surface area contributed by atoms with Crippen molar-refractivity contribution in [2.45, 2.75) is 25.7 Å². The van der Waals surface area contributed by atoms with E-state index in [1.54, 1.807) is 26.5 Å². The second-order valence-corrected chi connectivity index (χ2v) is 8.14. The number of piperidine rings is 1. The van der Waals surface area contributed by atoms with E-state index in [0.717, 1.165) is 35.8 Å². The summed E-state index contributed by atoms with van der Waals surface area (Å²) in [4.78, 5) is 26.8. The fourth-order valence-electron chi connectivity index (χ4n) is 5.32. The van der Waals surface area contributed by atoms with E-state index in [4.69, 9.17) is 13.9 Å². The third-order valence-electron chi connectivity index (χ3n) is 6.62. The highest BCUT2D eigenvalue weighted by Crippen LogP contribution is 2.46. The van der Waals surface area contributed by atoms with Crippen LogP contribution < -0.4 is 9.47 Å². The number of quaternary nitrogens is 1. The van der Waals surface area contributed by atoms with Crippen LogP contribution in [0.4, 0.5) is 0 Å². The van der Waals surface area contributed by atoms with Crippen LogP contribution >= 0.6 is 0 Å². The quantitative estimate of drug-likeness (QED) is 0.747. The van der Waals surface area contributed by atoms with Crippen molar-refractivity contribution in [2.24, 2.45) is 0 Å². The van der Waals surface area contributed by atoms with Crippen LogP contribution in [0, 0.1) is 0 Å². The molecule has 0 bridgehead atoms. The summed E-state index contributed by atoms with van der Waals surface area (Å²) < 4.78 is 17.6. The molecule has 146 valence electrons. The van der Waals surface area contributed by atoms with Crippen molar-refractivity contribution in [1.29, 1.82) is 0 Å². The van der Waals surface area contributed by atoms with E-state index in [1.165, 1.54) is 6.42 Å². The molecule has 6 heteroatoms. The topological polar surface area (TPSA) is 65.7 Å². The Labute approximate surface area is 163 Å². The van der Waals surface area contributed by atoms with Crippen molar-refractivity contribution in [2.75, 3.05) is 40.4 Å². The first-order valence-corrected chi connectivity index (χ1v) is 9.87. The van der Waals surface area contributed by atoms with E-state index in [1.807, 2.05) is 0 Å². The summed E-state index contributed by atoms with van der Waals surface area (Å²) in [5, 5.41) is 0.722. The van der Waals surface area contributed by atoms with Crippen LogP contribution in [-0.4, -0.2) is 56.4 Å². The van der Waals surface area contributed by atoms with Crippen molar-refractivity contribution in [1.82, 2.24) is 0 Å². The Morgan fingerprint density at radius 2 is 1.71 bits per heavy atom. The summed E-state index contributed by atoms with van der Waals surface area (Å²) in [6.45, 7) is 3.10. The fourth-order valence-corrected chi connectivity index (χ4v) is 5.32.